The summed E-state index contributed by atoms with van der Waals surface area (Å²) in [4.78, 5) is 17.3. The first kappa shape index (κ1) is 18.5. The van der Waals surface area contributed by atoms with Gasteiger partial charge in [-0.25, -0.2) is 0 Å². The molecule has 1 aliphatic rings. The zero-order chi connectivity index (χ0) is 18.7. The van der Waals surface area contributed by atoms with E-state index >= 15 is 0 Å². The van der Waals surface area contributed by atoms with Gasteiger partial charge in [-0.05, 0) is 55.4 Å². The van der Waals surface area contributed by atoms with Crippen LogP contribution >= 0.6 is 11.6 Å². The summed E-state index contributed by atoms with van der Waals surface area (Å²) < 4.78 is 0. The highest BCUT2D eigenvalue weighted by atomic mass is 35.5. The molecule has 1 saturated heterocycles. The molecule has 6 heteroatoms. The zero-order valence-electron chi connectivity index (χ0n) is 15.3. The topological polar surface area (TPSA) is 61.6 Å². The Kier molecular flexibility index (Phi) is 5.69. The molecule has 3 rings (SSSR count). The van der Waals surface area contributed by atoms with E-state index in [0.717, 1.165) is 44.0 Å². The van der Waals surface area contributed by atoms with Gasteiger partial charge in [0.15, 0.2) is 0 Å². The van der Waals surface area contributed by atoms with Crippen molar-refractivity contribution < 1.29 is 4.79 Å². The van der Waals surface area contributed by atoms with Gasteiger partial charge >= 0.3 is 0 Å². The third-order valence-corrected chi connectivity index (χ3v) is 5.13. The summed E-state index contributed by atoms with van der Waals surface area (Å²) in [7, 11) is 0. The van der Waals surface area contributed by atoms with Crippen LogP contribution < -0.4 is 16.0 Å². The van der Waals surface area contributed by atoms with Gasteiger partial charge in [0, 0.05) is 42.5 Å². The van der Waals surface area contributed by atoms with Crippen molar-refractivity contribution in [3.63, 3.8) is 0 Å². The standard InChI is InChI=1S/C20H25ClN4O/c1-3-24-8-10-25(11-9-24)19-13-18(17(22)12-14(19)2)23-20(26)15-4-6-16(21)7-5-15/h4-7,12-13H,3,8-11,22H2,1-2H3,(H,23,26). The van der Waals surface area contributed by atoms with Crippen LogP contribution in [0.1, 0.15) is 22.8 Å². The van der Waals surface area contributed by atoms with Crippen molar-refractivity contribution in [2.24, 2.45) is 0 Å². The summed E-state index contributed by atoms with van der Waals surface area (Å²) >= 11 is 5.89. The molecule has 0 radical (unpaired) electrons. The SMILES string of the molecule is CCN1CCN(c2cc(NC(=O)c3ccc(Cl)cc3)c(N)cc2C)CC1. The summed E-state index contributed by atoms with van der Waals surface area (Å²) in [6, 6.07) is 10.7. The third-order valence-electron chi connectivity index (χ3n) is 4.88. The number of benzene rings is 2. The molecule has 0 unspecified atom stereocenters. The first-order chi connectivity index (χ1) is 12.5. The van der Waals surface area contributed by atoms with E-state index in [-0.39, 0.29) is 5.91 Å². The number of nitrogen functional groups attached to an aromatic ring is 1. The van der Waals surface area contributed by atoms with E-state index in [1.165, 1.54) is 0 Å². The highest BCUT2D eigenvalue weighted by Gasteiger charge is 2.19. The van der Waals surface area contributed by atoms with Gasteiger partial charge in [-0.1, -0.05) is 18.5 Å². The predicted molar refractivity (Wildman–Crippen MR) is 109 cm³/mol. The second-order valence-electron chi connectivity index (χ2n) is 6.61. The summed E-state index contributed by atoms with van der Waals surface area (Å²) in [6.45, 7) is 9.38. The van der Waals surface area contributed by atoms with Crippen LogP contribution in [0.15, 0.2) is 36.4 Å². The van der Waals surface area contributed by atoms with Gasteiger partial charge in [0.1, 0.15) is 0 Å². The summed E-state index contributed by atoms with van der Waals surface area (Å²) in [5.41, 5.74) is 10.2. The van der Waals surface area contributed by atoms with Crippen LogP contribution in [-0.4, -0.2) is 43.5 Å². The summed E-state index contributed by atoms with van der Waals surface area (Å²) in [5.74, 6) is -0.195. The molecule has 1 heterocycles. The average Bonchev–Trinajstić information content (AvgIpc) is 2.64. The Morgan fingerprint density at radius 3 is 2.42 bits per heavy atom. The van der Waals surface area contributed by atoms with Crippen LogP contribution in [0.4, 0.5) is 17.1 Å². The lowest BCUT2D eigenvalue weighted by atomic mass is 10.1. The summed E-state index contributed by atoms with van der Waals surface area (Å²) in [5, 5.41) is 3.53. The van der Waals surface area contributed by atoms with Gasteiger partial charge in [-0.3, -0.25) is 4.79 Å². The number of piperazine rings is 1. The quantitative estimate of drug-likeness (QED) is 0.804. The van der Waals surface area contributed by atoms with Gasteiger partial charge < -0.3 is 20.9 Å². The Morgan fingerprint density at radius 2 is 1.81 bits per heavy atom. The molecule has 5 nitrogen and oxygen atoms in total. The number of anilines is 3. The van der Waals surface area contributed by atoms with E-state index < -0.39 is 0 Å². The number of nitrogens with two attached hydrogens (primary N) is 1. The molecule has 1 amide bonds. The Labute approximate surface area is 159 Å². The highest BCUT2D eigenvalue weighted by molar-refractivity contribution is 6.30. The van der Waals surface area contributed by atoms with E-state index in [1.807, 2.05) is 12.1 Å². The molecule has 138 valence electrons. The Hall–Kier alpha value is -2.24. The molecule has 26 heavy (non-hydrogen) atoms. The Bertz CT molecular complexity index is 783. The second-order valence-corrected chi connectivity index (χ2v) is 7.04. The van der Waals surface area contributed by atoms with Crippen LogP contribution in [0.3, 0.4) is 0 Å². The number of halogens is 1. The maximum Gasteiger partial charge on any atom is 0.255 e. The lowest BCUT2D eigenvalue weighted by Gasteiger charge is -2.36. The number of carbonyl (C=O) groups excluding carboxylic acids is 1. The van der Waals surface area contributed by atoms with Crippen molar-refractivity contribution in [1.29, 1.82) is 0 Å². The van der Waals surface area contributed by atoms with Crippen LogP contribution in [0.25, 0.3) is 0 Å². The van der Waals surface area contributed by atoms with E-state index in [4.69, 9.17) is 17.3 Å². The van der Waals surface area contributed by atoms with Crippen LogP contribution in [-0.2, 0) is 0 Å². The fourth-order valence-electron chi connectivity index (χ4n) is 3.27. The van der Waals surface area contributed by atoms with Crippen molar-refractivity contribution in [2.75, 3.05) is 48.7 Å². The molecular weight excluding hydrogens is 348 g/mol. The molecule has 1 aliphatic heterocycles. The van der Waals surface area contributed by atoms with Crippen molar-refractivity contribution in [3.8, 4) is 0 Å². The first-order valence-corrected chi connectivity index (χ1v) is 9.30. The van der Waals surface area contributed by atoms with Crippen LogP contribution in [0.2, 0.25) is 5.02 Å². The van der Waals surface area contributed by atoms with Crippen LogP contribution in [0.5, 0.6) is 0 Å². The zero-order valence-corrected chi connectivity index (χ0v) is 16.0. The molecular formula is C20H25ClN4O. The van der Waals surface area contributed by atoms with Crippen LogP contribution in [0, 0.1) is 6.92 Å². The number of nitrogens with zero attached hydrogens (tertiary/aromatic N) is 2. The third kappa shape index (κ3) is 4.11. The van der Waals surface area contributed by atoms with Crippen molar-refractivity contribution in [2.45, 2.75) is 13.8 Å². The molecule has 2 aromatic carbocycles. The molecule has 0 aromatic heterocycles. The number of rotatable bonds is 4. The molecule has 0 atom stereocenters. The molecule has 0 spiro atoms. The average molecular weight is 373 g/mol. The van der Waals surface area contributed by atoms with Gasteiger partial charge in [0.25, 0.3) is 5.91 Å². The molecule has 2 aromatic rings. The van der Waals surface area contributed by atoms with Gasteiger partial charge in [0.05, 0.1) is 11.4 Å². The number of amides is 1. The first-order valence-electron chi connectivity index (χ1n) is 8.92. The molecule has 0 aliphatic carbocycles. The number of aryl methyl sites for hydroxylation is 1. The minimum Gasteiger partial charge on any atom is -0.397 e. The molecule has 3 N–H and O–H groups in total. The van der Waals surface area contributed by atoms with Crippen molar-refractivity contribution in [3.05, 3.63) is 52.5 Å². The van der Waals surface area contributed by atoms with Gasteiger partial charge in [-0.15, -0.1) is 0 Å². The molecule has 1 fully saturated rings. The van der Waals surface area contributed by atoms with E-state index in [0.29, 0.717) is 22.0 Å². The van der Waals surface area contributed by atoms with Gasteiger partial charge in [-0.2, -0.15) is 0 Å². The number of nitrogens with one attached hydrogen (secondary N) is 1. The Balaban J connectivity index is 1.79. The molecule has 0 bridgehead atoms. The smallest absolute Gasteiger partial charge is 0.255 e. The van der Waals surface area contributed by atoms with Crippen molar-refractivity contribution >= 4 is 34.6 Å². The monoisotopic (exact) mass is 372 g/mol. The number of carbonyl (C=O) groups is 1. The predicted octanol–water partition coefficient (Wildman–Crippen LogP) is 3.62. The lowest BCUT2D eigenvalue weighted by molar-refractivity contribution is 0.102. The number of hydrogen-bond donors (Lipinski definition) is 2. The Morgan fingerprint density at radius 1 is 1.15 bits per heavy atom. The fourth-order valence-corrected chi connectivity index (χ4v) is 3.39. The van der Waals surface area contributed by atoms with E-state index in [9.17, 15) is 4.79 Å². The van der Waals surface area contributed by atoms with E-state index in [2.05, 4.69) is 29.0 Å². The highest BCUT2D eigenvalue weighted by Crippen LogP contribution is 2.31. The maximum atomic E-state index is 12.5. The lowest BCUT2D eigenvalue weighted by Crippen LogP contribution is -2.46. The van der Waals surface area contributed by atoms with E-state index in [1.54, 1.807) is 24.3 Å². The minimum atomic E-state index is -0.195. The largest absolute Gasteiger partial charge is 0.397 e. The van der Waals surface area contributed by atoms with Crippen molar-refractivity contribution in [1.82, 2.24) is 4.90 Å². The second kappa shape index (κ2) is 7.98. The normalized spacial score (nSPS) is 15.1. The number of likely N-dealkylation sites (N-methyl/N-ethyl adjacent to an activating group) is 1. The fraction of sp³-hybridized carbons (Fsp3) is 0.350. The minimum absolute atomic E-state index is 0.195. The van der Waals surface area contributed by atoms with Gasteiger partial charge in [0.2, 0.25) is 0 Å². The summed E-state index contributed by atoms with van der Waals surface area (Å²) in [6.07, 6.45) is 0. The molecule has 0 saturated carbocycles. The maximum absolute atomic E-state index is 12.5. The number of hydrogen-bond acceptors (Lipinski definition) is 4.